The Kier molecular flexibility index (Phi) is 6.19. The molecule has 0 fully saturated rings. The van der Waals surface area contributed by atoms with Crippen LogP contribution in [0.25, 0.3) is 0 Å². The van der Waals surface area contributed by atoms with Gasteiger partial charge in [0, 0.05) is 17.6 Å². The fourth-order valence-corrected chi connectivity index (χ4v) is 1.88. The molecule has 0 heterocycles. The topological polar surface area (TPSA) is 62.4 Å². The van der Waals surface area contributed by atoms with Crippen LogP contribution in [-0.2, 0) is 6.61 Å². The molecule has 0 unspecified atom stereocenters. The molecule has 0 aliphatic rings. The van der Waals surface area contributed by atoms with E-state index < -0.39 is 0 Å². The van der Waals surface area contributed by atoms with Gasteiger partial charge in [-0.25, -0.2) is 0 Å². The predicted molar refractivity (Wildman–Crippen MR) is 94.5 cm³/mol. The van der Waals surface area contributed by atoms with Crippen LogP contribution in [-0.4, -0.2) is 18.1 Å². The van der Waals surface area contributed by atoms with Gasteiger partial charge in [-0.1, -0.05) is 23.7 Å². The first-order valence-corrected chi connectivity index (χ1v) is 7.62. The van der Waals surface area contributed by atoms with E-state index in [-0.39, 0.29) is 5.91 Å². The molecule has 2 aromatic carbocycles. The van der Waals surface area contributed by atoms with E-state index >= 15 is 0 Å². The number of ether oxygens (including phenoxy) is 1. The van der Waals surface area contributed by atoms with Crippen molar-refractivity contribution in [2.24, 2.45) is 0 Å². The number of nitrogens with one attached hydrogen (secondary N) is 3. The molecule has 0 aliphatic carbocycles. The normalized spacial score (nSPS) is 9.83. The van der Waals surface area contributed by atoms with E-state index in [2.05, 4.69) is 16.2 Å². The van der Waals surface area contributed by atoms with Crippen LogP contribution < -0.4 is 20.9 Å². The molecule has 1 amide bonds. The summed E-state index contributed by atoms with van der Waals surface area (Å²) in [4.78, 5) is 11.9. The van der Waals surface area contributed by atoms with Crippen LogP contribution in [0.4, 0.5) is 0 Å². The zero-order valence-corrected chi connectivity index (χ0v) is 14.0. The summed E-state index contributed by atoms with van der Waals surface area (Å²) < 4.78 is 5.64. The SMILES string of the molecule is CNC(=S)NNC(=O)c1ccc(COc2ccc(Cl)cc2)cc1. The minimum absolute atomic E-state index is 0.271. The van der Waals surface area contributed by atoms with Gasteiger partial charge in [0.25, 0.3) is 5.91 Å². The molecule has 2 aromatic rings. The fraction of sp³-hybridized carbons (Fsp3) is 0.125. The third-order valence-electron chi connectivity index (χ3n) is 2.95. The predicted octanol–water partition coefficient (Wildman–Crippen LogP) is 2.66. The summed E-state index contributed by atoms with van der Waals surface area (Å²) in [6.45, 7) is 0.408. The molecule has 0 saturated carbocycles. The van der Waals surface area contributed by atoms with Crippen LogP contribution in [0.5, 0.6) is 5.75 Å². The van der Waals surface area contributed by atoms with Gasteiger partial charge in [-0.15, -0.1) is 0 Å². The van der Waals surface area contributed by atoms with E-state index in [0.29, 0.717) is 22.3 Å². The summed E-state index contributed by atoms with van der Waals surface area (Å²) >= 11 is 10.7. The number of benzene rings is 2. The van der Waals surface area contributed by atoms with E-state index in [1.165, 1.54) is 0 Å². The Bertz CT molecular complexity index is 675. The first-order chi connectivity index (χ1) is 11.1. The van der Waals surface area contributed by atoms with Crippen LogP contribution in [0.3, 0.4) is 0 Å². The molecule has 5 nitrogen and oxygen atoms in total. The third kappa shape index (κ3) is 5.43. The van der Waals surface area contributed by atoms with Crippen molar-refractivity contribution in [3.8, 4) is 5.75 Å². The number of carbonyl (C=O) groups is 1. The van der Waals surface area contributed by atoms with Gasteiger partial charge in [-0.05, 0) is 54.2 Å². The third-order valence-corrected chi connectivity index (χ3v) is 3.51. The molecular formula is C16H16ClN3O2S. The second-order valence-corrected chi connectivity index (χ2v) is 5.44. The quantitative estimate of drug-likeness (QED) is 0.585. The van der Waals surface area contributed by atoms with Gasteiger partial charge in [-0.3, -0.25) is 15.6 Å². The molecule has 0 radical (unpaired) electrons. The maximum Gasteiger partial charge on any atom is 0.269 e. The maximum absolute atomic E-state index is 11.9. The van der Waals surface area contributed by atoms with Gasteiger partial charge in [0.05, 0.1) is 0 Å². The lowest BCUT2D eigenvalue weighted by molar-refractivity contribution is 0.0943. The Morgan fingerprint density at radius 2 is 1.74 bits per heavy atom. The molecule has 7 heteroatoms. The minimum Gasteiger partial charge on any atom is -0.489 e. The Balaban J connectivity index is 1.87. The van der Waals surface area contributed by atoms with Gasteiger partial charge in [0.15, 0.2) is 5.11 Å². The van der Waals surface area contributed by atoms with Crippen molar-refractivity contribution in [1.82, 2.24) is 16.2 Å². The first kappa shape index (κ1) is 17.1. The fourth-order valence-electron chi connectivity index (χ4n) is 1.70. The Morgan fingerprint density at radius 3 is 2.35 bits per heavy atom. The zero-order valence-electron chi connectivity index (χ0n) is 12.4. The monoisotopic (exact) mass is 349 g/mol. The van der Waals surface area contributed by atoms with Crippen LogP contribution in [0.1, 0.15) is 15.9 Å². The lowest BCUT2D eigenvalue weighted by Crippen LogP contribution is -2.45. The molecule has 23 heavy (non-hydrogen) atoms. The molecule has 3 N–H and O–H groups in total. The highest BCUT2D eigenvalue weighted by Gasteiger charge is 2.05. The van der Waals surface area contributed by atoms with Crippen molar-refractivity contribution in [3.05, 3.63) is 64.7 Å². The van der Waals surface area contributed by atoms with Gasteiger partial charge in [-0.2, -0.15) is 0 Å². The van der Waals surface area contributed by atoms with Crippen LogP contribution in [0, 0.1) is 0 Å². The van der Waals surface area contributed by atoms with E-state index in [1.807, 2.05) is 12.1 Å². The number of halogens is 1. The summed E-state index contributed by atoms with van der Waals surface area (Å²) in [6, 6.07) is 14.3. The number of amides is 1. The second kappa shape index (κ2) is 8.36. The van der Waals surface area contributed by atoms with Crippen LogP contribution in [0.2, 0.25) is 5.02 Å². The van der Waals surface area contributed by atoms with Gasteiger partial charge >= 0.3 is 0 Å². The van der Waals surface area contributed by atoms with E-state index in [9.17, 15) is 4.79 Å². The van der Waals surface area contributed by atoms with Gasteiger partial charge in [0.1, 0.15) is 12.4 Å². The Hall–Kier alpha value is -2.31. The summed E-state index contributed by atoms with van der Waals surface area (Å²) in [5.41, 5.74) is 6.55. The van der Waals surface area contributed by atoms with E-state index in [1.54, 1.807) is 43.4 Å². The summed E-state index contributed by atoms with van der Waals surface area (Å²) in [7, 11) is 1.66. The molecule has 0 spiro atoms. The lowest BCUT2D eigenvalue weighted by Gasteiger charge is -2.09. The molecule has 0 atom stereocenters. The van der Waals surface area contributed by atoms with Crippen LogP contribution >= 0.6 is 23.8 Å². The Morgan fingerprint density at radius 1 is 1.09 bits per heavy atom. The number of thiocarbonyl (C=S) groups is 1. The largest absolute Gasteiger partial charge is 0.489 e. The first-order valence-electron chi connectivity index (χ1n) is 6.84. The standard InChI is InChI=1S/C16H16ClN3O2S/c1-18-16(23)20-19-15(21)12-4-2-11(3-5-12)10-22-14-8-6-13(17)7-9-14/h2-9H,10H2,1H3,(H,19,21)(H2,18,20,23). The van der Waals surface area contributed by atoms with E-state index in [4.69, 9.17) is 28.6 Å². The molecule has 120 valence electrons. The number of hydrogen-bond acceptors (Lipinski definition) is 3. The molecule has 2 rings (SSSR count). The average molecular weight is 350 g/mol. The smallest absolute Gasteiger partial charge is 0.269 e. The average Bonchev–Trinajstić information content (AvgIpc) is 2.59. The molecule has 0 aliphatic heterocycles. The number of carbonyl (C=O) groups excluding carboxylic acids is 1. The zero-order chi connectivity index (χ0) is 16.7. The van der Waals surface area contributed by atoms with E-state index in [0.717, 1.165) is 11.3 Å². The summed E-state index contributed by atoms with van der Waals surface area (Å²) in [6.07, 6.45) is 0. The van der Waals surface area contributed by atoms with Crippen molar-refractivity contribution in [2.45, 2.75) is 6.61 Å². The van der Waals surface area contributed by atoms with Crippen molar-refractivity contribution in [1.29, 1.82) is 0 Å². The molecule has 0 bridgehead atoms. The highest BCUT2D eigenvalue weighted by atomic mass is 35.5. The van der Waals surface area contributed by atoms with Crippen molar-refractivity contribution >= 4 is 34.8 Å². The minimum atomic E-state index is -0.271. The number of hydrazine groups is 1. The number of rotatable bonds is 4. The van der Waals surface area contributed by atoms with Gasteiger partial charge < -0.3 is 10.1 Å². The summed E-state index contributed by atoms with van der Waals surface area (Å²) in [5, 5.41) is 3.70. The maximum atomic E-state index is 11.9. The molecule has 0 saturated heterocycles. The lowest BCUT2D eigenvalue weighted by atomic mass is 10.1. The molecular weight excluding hydrogens is 334 g/mol. The molecule has 0 aromatic heterocycles. The Labute approximate surface area is 145 Å². The second-order valence-electron chi connectivity index (χ2n) is 4.60. The highest BCUT2D eigenvalue weighted by Crippen LogP contribution is 2.17. The van der Waals surface area contributed by atoms with Crippen molar-refractivity contribution in [2.75, 3.05) is 7.05 Å². The highest BCUT2D eigenvalue weighted by molar-refractivity contribution is 7.80. The van der Waals surface area contributed by atoms with Crippen molar-refractivity contribution < 1.29 is 9.53 Å². The summed E-state index contributed by atoms with van der Waals surface area (Å²) in [5.74, 6) is 0.466. The van der Waals surface area contributed by atoms with Gasteiger partial charge in [0.2, 0.25) is 0 Å². The van der Waals surface area contributed by atoms with Crippen LogP contribution in [0.15, 0.2) is 48.5 Å². The van der Waals surface area contributed by atoms with Crippen molar-refractivity contribution in [3.63, 3.8) is 0 Å². The number of hydrogen-bond donors (Lipinski definition) is 3.